The molecule has 0 spiro atoms. The fraction of sp³-hybridized carbons (Fsp3) is 0.333. The Bertz CT molecular complexity index is 598. The van der Waals surface area contributed by atoms with Gasteiger partial charge in [0, 0.05) is 6.04 Å². The second-order valence-electron chi connectivity index (χ2n) is 4.78. The Morgan fingerprint density at radius 2 is 2.05 bits per heavy atom. The van der Waals surface area contributed by atoms with Gasteiger partial charge < -0.3 is 5.32 Å². The predicted molar refractivity (Wildman–Crippen MR) is 85.6 cm³/mol. The van der Waals surface area contributed by atoms with Crippen LogP contribution in [-0.4, -0.2) is 6.54 Å². The maximum Gasteiger partial charge on any atom is 0.123 e. The Labute approximate surface area is 132 Å². The van der Waals surface area contributed by atoms with Crippen LogP contribution in [0.3, 0.4) is 0 Å². The number of thiophene rings is 1. The molecular weight excluding hydrogens is 316 g/mol. The first-order valence-corrected chi connectivity index (χ1v) is 7.97. The van der Waals surface area contributed by atoms with E-state index in [-0.39, 0.29) is 11.9 Å². The van der Waals surface area contributed by atoms with Crippen LogP contribution in [0.2, 0.25) is 8.67 Å². The van der Waals surface area contributed by atoms with Gasteiger partial charge in [0.05, 0.1) is 8.67 Å². The number of rotatable bonds is 5. The zero-order chi connectivity index (χ0) is 14.7. The van der Waals surface area contributed by atoms with Crippen molar-refractivity contribution in [1.29, 1.82) is 0 Å². The Balaban J connectivity index is 1.91. The summed E-state index contributed by atoms with van der Waals surface area (Å²) in [6, 6.07) is 6.95. The lowest BCUT2D eigenvalue weighted by atomic mass is 10.1. The summed E-state index contributed by atoms with van der Waals surface area (Å²) >= 11 is 13.5. The Morgan fingerprint density at radius 1 is 1.30 bits per heavy atom. The fourth-order valence-electron chi connectivity index (χ4n) is 2.12. The van der Waals surface area contributed by atoms with Crippen LogP contribution in [0.1, 0.15) is 29.7 Å². The molecule has 0 bridgehead atoms. The predicted octanol–water partition coefficient (Wildman–Crippen LogP) is 5.40. The van der Waals surface area contributed by atoms with Crippen molar-refractivity contribution < 1.29 is 4.39 Å². The molecule has 1 unspecified atom stereocenters. The van der Waals surface area contributed by atoms with Gasteiger partial charge in [-0.25, -0.2) is 4.39 Å². The maximum absolute atomic E-state index is 13.0. The highest BCUT2D eigenvalue weighted by Gasteiger charge is 2.12. The number of hydrogen-bond acceptors (Lipinski definition) is 2. The van der Waals surface area contributed by atoms with E-state index in [4.69, 9.17) is 23.2 Å². The topological polar surface area (TPSA) is 12.0 Å². The zero-order valence-electron chi connectivity index (χ0n) is 11.3. The summed E-state index contributed by atoms with van der Waals surface area (Å²) in [5.74, 6) is -0.188. The first kappa shape index (κ1) is 15.8. The third-order valence-corrected chi connectivity index (χ3v) is 4.82. The lowest BCUT2D eigenvalue weighted by Gasteiger charge is -2.14. The quantitative estimate of drug-likeness (QED) is 0.773. The molecule has 1 atom stereocenters. The molecule has 108 valence electrons. The number of aryl methyl sites for hydroxylation is 1. The normalized spacial score (nSPS) is 12.7. The molecule has 1 N–H and O–H groups in total. The van der Waals surface area contributed by atoms with Crippen molar-refractivity contribution in [3.05, 3.63) is 55.4 Å². The molecule has 0 fully saturated rings. The largest absolute Gasteiger partial charge is 0.310 e. The van der Waals surface area contributed by atoms with E-state index < -0.39 is 0 Å². The Hall–Kier alpha value is -0.610. The van der Waals surface area contributed by atoms with E-state index in [1.165, 1.54) is 17.4 Å². The molecule has 0 radical (unpaired) electrons. The van der Waals surface area contributed by atoms with Crippen molar-refractivity contribution >= 4 is 34.5 Å². The van der Waals surface area contributed by atoms with Crippen LogP contribution in [0.15, 0.2) is 24.3 Å². The van der Waals surface area contributed by atoms with Crippen molar-refractivity contribution in [3.63, 3.8) is 0 Å². The first-order chi connectivity index (χ1) is 9.47. The summed E-state index contributed by atoms with van der Waals surface area (Å²) < 4.78 is 14.5. The van der Waals surface area contributed by atoms with Crippen molar-refractivity contribution in [2.24, 2.45) is 0 Å². The molecule has 20 heavy (non-hydrogen) atoms. The summed E-state index contributed by atoms with van der Waals surface area (Å²) in [6.45, 7) is 4.79. The summed E-state index contributed by atoms with van der Waals surface area (Å²) in [5, 5.41) is 3.41. The standard InChI is InChI=1S/C15H16Cl2FNS/c1-9-7-12(18)4-3-11(9)5-6-19-10(2)13-8-14(16)20-15(13)17/h3-4,7-8,10,19H,5-6H2,1-2H3. The molecule has 2 aromatic rings. The summed E-state index contributed by atoms with van der Waals surface area (Å²) in [7, 11) is 0. The van der Waals surface area contributed by atoms with E-state index in [1.807, 2.05) is 19.1 Å². The third-order valence-electron chi connectivity index (χ3n) is 3.30. The van der Waals surface area contributed by atoms with Crippen LogP contribution in [0.4, 0.5) is 4.39 Å². The lowest BCUT2D eigenvalue weighted by Crippen LogP contribution is -2.21. The van der Waals surface area contributed by atoms with Crippen LogP contribution >= 0.6 is 34.5 Å². The van der Waals surface area contributed by atoms with Gasteiger partial charge in [-0.05, 0) is 61.7 Å². The molecule has 0 saturated carbocycles. The molecule has 5 heteroatoms. The van der Waals surface area contributed by atoms with Gasteiger partial charge in [-0.15, -0.1) is 11.3 Å². The van der Waals surface area contributed by atoms with Crippen molar-refractivity contribution in [1.82, 2.24) is 5.32 Å². The van der Waals surface area contributed by atoms with Gasteiger partial charge in [0.25, 0.3) is 0 Å². The van der Waals surface area contributed by atoms with Crippen LogP contribution in [0.25, 0.3) is 0 Å². The van der Waals surface area contributed by atoms with Gasteiger partial charge in [0.2, 0.25) is 0 Å². The molecule has 0 aliphatic heterocycles. The van der Waals surface area contributed by atoms with Crippen LogP contribution in [0.5, 0.6) is 0 Å². The molecule has 2 rings (SSSR count). The van der Waals surface area contributed by atoms with Gasteiger partial charge in [-0.1, -0.05) is 29.3 Å². The van der Waals surface area contributed by atoms with Crippen LogP contribution in [-0.2, 0) is 6.42 Å². The van der Waals surface area contributed by atoms with E-state index >= 15 is 0 Å². The first-order valence-electron chi connectivity index (χ1n) is 6.40. The highest BCUT2D eigenvalue weighted by Crippen LogP contribution is 2.34. The third kappa shape index (κ3) is 3.95. The number of nitrogens with one attached hydrogen (secondary N) is 1. The molecule has 0 aliphatic carbocycles. The van der Waals surface area contributed by atoms with E-state index in [9.17, 15) is 4.39 Å². The van der Waals surface area contributed by atoms with E-state index in [0.29, 0.717) is 4.34 Å². The second kappa shape index (κ2) is 6.90. The molecule has 1 heterocycles. The summed E-state index contributed by atoms with van der Waals surface area (Å²) in [5.41, 5.74) is 3.16. The fourth-order valence-corrected chi connectivity index (χ4v) is 3.77. The lowest BCUT2D eigenvalue weighted by molar-refractivity contribution is 0.576. The summed E-state index contributed by atoms with van der Waals surface area (Å²) in [6.07, 6.45) is 0.853. The zero-order valence-corrected chi connectivity index (χ0v) is 13.7. The van der Waals surface area contributed by atoms with E-state index in [2.05, 4.69) is 12.2 Å². The average molecular weight is 332 g/mol. The number of halogens is 3. The highest BCUT2D eigenvalue weighted by molar-refractivity contribution is 7.20. The molecule has 1 aromatic carbocycles. The molecule has 0 saturated heterocycles. The van der Waals surface area contributed by atoms with Crippen LogP contribution < -0.4 is 5.32 Å². The minimum Gasteiger partial charge on any atom is -0.310 e. The maximum atomic E-state index is 13.0. The van der Waals surface area contributed by atoms with Gasteiger partial charge in [-0.3, -0.25) is 0 Å². The van der Waals surface area contributed by atoms with E-state index in [0.717, 1.165) is 34.0 Å². The summed E-state index contributed by atoms with van der Waals surface area (Å²) in [4.78, 5) is 0. The molecule has 1 nitrogen and oxygen atoms in total. The number of hydrogen-bond donors (Lipinski definition) is 1. The minimum absolute atomic E-state index is 0.145. The Kier molecular flexibility index (Phi) is 5.44. The molecule has 0 amide bonds. The SMILES string of the molecule is Cc1cc(F)ccc1CCNC(C)c1cc(Cl)sc1Cl. The number of benzene rings is 1. The van der Waals surface area contributed by atoms with Gasteiger partial charge in [-0.2, -0.15) is 0 Å². The van der Waals surface area contributed by atoms with Crippen molar-refractivity contribution in [3.8, 4) is 0 Å². The Morgan fingerprint density at radius 3 is 2.65 bits per heavy atom. The smallest absolute Gasteiger partial charge is 0.123 e. The van der Waals surface area contributed by atoms with Crippen LogP contribution in [0, 0.1) is 12.7 Å². The van der Waals surface area contributed by atoms with Gasteiger partial charge in [0.15, 0.2) is 0 Å². The minimum atomic E-state index is -0.188. The molecule has 1 aromatic heterocycles. The monoisotopic (exact) mass is 331 g/mol. The highest BCUT2D eigenvalue weighted by atomic mass is 35.5. The van der Waals surface area contributed by atoms with Crippen molar-refractivity contribution in [2.75, 3.05) is 6.54 Å². The average Bonchev–Trinajstić information content (AvgIpc) is 2.71. The van der Waals surface area contributed by atoms with Gasteiger partial charge in [0.1, 0.15) is 5.82 Å². The van der Waals surface area contributed by atoms with Crippen molar-refractivity contribution in [2.45, 2.75) is 26.3 Å². The molecule has 0 aliphatic rings. The second-order valence-corrected chi connectivity index (χ2v) is 7.06. The van der Waals surface area contributed by atoms with E-state index in [1.54, 1.807) is 6.07 Å². The van der Waals surface area contributed by atoms with Gasteiger partial charge >= 0.3 is 0 Å². The molecular formula is C15H16Cl2FNS.